The van der Waals surface area contributed by atoms with E-state index in [4.69, 9.17) is 23.0 Å². The van der Waals surface area contributed by atoms with Crippen LogP contribution < -0.4 is 21.1 Å². The monoisotopic (exact) mass is 625 g/mol. The number of phosphoric ester groups is 1. The molecule has 0 aliphatic carbocycles. The molecule has 0 saturated heterocycles. The van der Waals surface area contributed by atoms with Gasteiger partial charge in [-0.25, -0.2) is 14.2 Å². The van der Waals surface area contributed by atoms with Gasteiger partial charge in [-0.1, -0.05) is 42.5 Å². The smallest absolute Gasteiger partial charge is 0.459 e. The van der Waals surface area contributed by atoms with E-state index in [1.807, 2.05) is 30.3 Å². The van der Waals surface area contributed by atoms with Crippen molar-refractivity contribution in [3.8, 4) is 5.75 Å². The number of aromatic nitrogens is 2. The molecule has 3 heterocycles. The van der Waals surface area contributed by atoms with Gasteiger partial charge in [0.15, 0.2) is 6.23 Å². The van der Waals surface area contributed by atoms with Crippen molar-refractivity contribution in [2.24, 2.45) is 0 Å². The van der Waals surface area contributed by atoms with Crippen molar-refractivity contribution >= 4 is 19.7 Å². The molecule has 4 atom stereocenters. The first-order chi connectivity index (χ1) is 21.1. The number of rotatable bonds is 11. The standard InChI is InChI=1S/C30H32N3O10P/c1-19-15-33(30(37)32-28(19)35)27-13-10-24(42-27)18-41-44(38)40-17-23-14-21(8-11-25(23)43-44)9-12-26(34)31-20(2)29(36)39-16-22-6-4-3-5-7-22/h3-8,10-11,13-15,20,24,27H,9,12,16-18H2,1-2H3,(H,31,34)(H,32,35,37)/t20-,24-,27+,44?/m0/s1. The normalized spacial score (nSPS) is 21.2. The number of phosphoric acid groups is 1. The molecule has 2 aliphatic rings. The van der Waals surface area contributed by atoms with Crippen molar-refractivity contribution in [2.75, 3.05) is 6.61 Å². The summed E-state index contributed by atoms with van der Waals surface area (Å²) in [5.41, 5.74) is 1.58. The van der Waals surface area contributed by atoms with Crippen molar-refractivity contribution in [3.05, 3.63) is 110 Å². The first-order valence-electron chi connectivity index (χ1n) is 13.9. The summed E-state index contributed by atoms with van der Waals surface area (Å²) >= 11 is 0. The molecule has 1 amide bonds. The van der Waals surface area contributed by atoms with Gasteiger partial charge in [-0.15, -0.1) is 0 Å². The van der Waals surface area contributed by atoms with E-state index in [0.29, 0.717) is 23.3 Å². The van der Waals surface area contributed by atoms with Crippen LogP contribution >= 0.6 is 7.82 Å². The molecule has 0 spiro atoms. The van der Waals surface area contributed by atoms with Crippen molar-refractivity contribution in [3.63, 3.8) is 0 Å². The second-order valence-corrected chi connectivity index (χ2v) is 12.0. The van der Waals surface area contributed by atoms with E-state index in [1.54, 1.807) is 44.2 Å². The Bertz CT molecular complexity index is 1720. The molecule has 1 aromatic heterocycles. The maximum atomic E-state index is 13.1. The number of amides is 1. The Morgan fingerprint density at radius 1 is 1.14 bits per heavy atom. The maximum Gasteiger partial charge on any atom is 0.530 e. The first-order valence-corrected chi connectivity index (χ1v) is 15.4. The van der Waals surface area contributed by atoms with E-state index in [0.717, 1.165) is 11.1 Å². The molecule has 2 aliphatic heterocycles. The average Bonchev–Trinajstić information content (AvgIpc) is 3.49. The highest BCUT2D eigenvalue weighted by Crippen LogP contribution is 2.54. The summed E-state index contributed by atoms with van der Waals surface area (Å²) in [6.07, 6.45) is 3.80. The van der Waals surface area contributed by atoms with Gasteiger partial charge in [-0.3, -0.25) is 28.2 Å². The van der Waals surface area contributed by atoms with Crippen molar-refractivity contribution in [1.29, 1.82) is 0 Å². The van der Waals surface area contributed by atoms with Gasteiger partial charge >= 0.3 is 19.5 Å². The number of nitrogens with one attached hydrogen (secondary N) is 2. The number of nitrogens with zero attached hydrogens (tertiary/aromatic N) is 1. The second kappa shape index (κ2) is 13.6. The van der Waals surface area contributed by atoms with Gasteiger partial charge in [-0.2, -0.15) is 0 Å². The molecular formula is C30H32N3O10P. The number of aromatic amines is 1. The summed E-state index contributed by atoms with van der Waals surface area (Å²) in [5.74, 6) is -0.492. The number of ether oxygens (including phenoxy) is 2. The van der Waals surface area contributed by atoms with Gasteiger partial charge in [0.05, 0.1) is 13.2 Å². The van der Waals surface area contributed by atoms with Gasteiger partial charge in [0.1, 0.15) is 24.5 Å². The summed E-state index contributed by atoms with van der Waals surface area (Å²) in [7, 11) is -3.95. The molecule has 3 aromatic rings. The summed E-state index contributed by atoms with van der Waals surface area (Å²) in [6, 6.07) is 13.6. The van der Waals surface area contributed by atoms with E-state index in [9.17, 15) is 23.7 Å². The highest BCUT2D eigenvalue weighted by atomic mass is 31.2. The molecule has 14 heteroatoms. The number of fused-ring (bicyclic) bond motifs is 1. The molecule has 2 N–H and O–H groups in total. The number of benzene rings is 2. The lowest BCUT2D eigenvalue weighted by Gasteiger charge is -2.26. The third-order valence-electron chi connectivity index (χ3n) is 6.93. The minimum absolute atomic E-state index is 0.0347. The number of hydrogen-bond donors (Lipinski definition) is 2. The lowest BCUT2D eigenvalue weighted by molar-refractivity contribution is -0.148. The Labute approximate surface area is 252 Å². The quantitative estimate of drug-likeness (QED) is 0.184. The van der Waals surface area contributed by atoms with Crippen LogP contribution in [0.1, 0.15) is 41.8 Å². The predicted molar refractivity (Wildman–Crippen MR) is 157 cm³/mol. The second-order valence-electron chi connectivity index (χ2n) is 10.4. The molecule has 0 fully saturated rings. The van der Waals surface area contributed by atoms with Crippen molar-refractivity contribution < 1.29 is 37.2 Å². The van der Waals surface area contributed by atoms with Crippen LogP contribution in [-0.2, 0) is 52.3 Å². The number of aryl methyl sites for hydroxylation is 2. The molecule has 2 aromatic carbocycles. The summed E-state index contributed by atoms with van der Waals surface area (Å²) in [6.45, 7) is 3.07. The molecule has 5 rings (SSSR count). The van der Waals surface area contributed by atoms with E-state index < -0.39 is 43.4 Å². The molecule has 44 heavy (non-hydrogen) atoms. The minimum Gasteiger partial charge on any atom is -0.459 e. The SMILES string of the molecule is Cc1cn([C@H]2C=C[C@@H](COP3(=O)OCc4cc(CCC(=O)N[C@@H](C)C(=O)OCc5ccccc5)ccc4O3)O2)c(=O)[nH]c1=O. The fraction of sp³-hybridized carbons (Fsp3) is 0.333. The van der Waals surface area contributed by atoms with Crippen molar-refractivity contribution in [2.45, 2.75) is 58.3 Å². The van der Waals surface area contributed by atoms with Crippen LogP contribution in [0, 0.1) is 6.92 Å². The predicted octanol–water partition coefficient (Wildman–Crippen LogP) is 3.21. The number of H-pyrrole nitrogens is 1. The van der Waals surface area contributed by atoms with Crippen LogP contribution in [0.5, 0.6) is 5.75 Å². The Morgan fingerprint density at radius 3 is 2.73 bits per heavy atom. The summed E-state index contributed by atoms with van der Waals surface area (Å²) in [5, 5.41) is 2.65. The number of esters is 1. The Balaban J connectivity index is 1.06. The van der Waals surface area contributed by atoms with Crippen LogP contribution in [0.25, 0.3) is 0 Å². The fourth-order valence-corrected chi connectivity index (χ4v) is 5.74. The van der Waals surface area contributed by atoms with Gasteiger partial charge in [-0.05, 0) is 49.6 Å². The van der Waals surface area contributed by atoms with E-state index in [-0.39, 0.29) is 32.1 Å². The van der Waals surface area contributed by atoms with Crippen LogP contribution in [0.4, 0.5) is 0 Å². The maximum absolute atomic E-state index is 13.1. The molecule has 0 bridgehead atoms. The molecule has 232 valence electrons. The summed E-state index contributed by atoms with van der Waals surface area (Å²) in [4.78, 5) is 50.6. The minimum atomic E-state index is -3.95. The van der Waals surface area contributed by atoms with Gasteiger partial charge < -0.3 is 19.3 Å². The largest absolute Gasteiger partial charge is 0.530 e. The van der Waals surface area contributed by atoms with E-state index >= 15 is 0 Å². The number of carbonyl (C=O) groups excluding carboxylic acids is 2. The third kappa shape index (κ3) is 7.80. The lowest BCUT2D eigenvalue weighted by atomic mass is 10.1. The Morgan fingerprint density at radius 2 is 1.93 bits per heavy atom. The first kappa shape index (κ1) is 31.1. The zero-order valence-corrected chi connectivity index (χ0v) is 25.0. The molecule has 0 radical (unpaired) electrons. The third-order valence-corrected chi connectivity index (χ3v) is 8.26. The Hall–Kier alpha value is -4.29. The highest BCUT2D eigenvalue weighted by Gasteiger charge is 2.36. The molecule has 0 saturated carbocycles. The van der Waals surface area contributed by atoms with Crippen LogP contribution in [-0.4, -0.2) is 40.2 Å². The van der Waals surface area contributed by atoms with Gasteiger partial charge in [0.25, 0.3) is 5.56 Å². The molecular weight excluding hydrogens is 593 g/mol. The van der Waals surface area contributed by atoms with Crippen LogP contribution in [0.3, 0.4) is 0 Å². The lowest BCUT2D eigenvalue weighted by Crippen LogP contribution is -2.39. The van der Waals surface area contributed by atoms with Gasteiger partial charge in [0, 0.05) is 23.7 Å². The summed E-state index contributed by atoms with van der Waals surface area (Å²) < 4.78 is 41.8. The zero-order chi connectivity index (χ0) is 31.3. The zero-order valence-electron chi connectivity index (χ0n) is 24.1. The number of hydrogen-bond acceptors (Lipinski definition) is 10. The van der Waals surface area contributed by atoms with Gasteiger partial charge in [0.2, 0.25) is 5.91 Å². The molecule has 13 nitrogen and oxygen atoms in total. The van der Waals surface area contributed by atoms with E-state index in [2.05, 4.69) is 10.3 Å². The molecule has 1 unspecified atom stereocenters. The number of carbonyl (C=O) groups is 2. The fourth-order valence-electron chi connectivity index (χ4n) is 4.52. The van der Waals surface area contributed by atoms with E-state index in [1.165, 1.54) is 10.8 Å². The average molecular weight is 626 g/mol. The topological polar surface area (TPSA) is 164 Å². The highest BCUT2D eigenvalue weighted by molar-refractivity contribution is 7.49. The Kier molecular flexibility index (Phi) is 9.60. The van der Waals surface area contributed by atoms with Crippen LogP contribution in [0.2, 0.25) is 0 Å². The van der Waals surface area contributed by atoms with Crippen LogP contribution in [0.15, 0.2) is 76.5 Å². The van der Waals surface area contributed by atoms with Crippen molar-refractivity contribution in [1.82, 2.24) is 14.9 Å².